The van der Waals surface area contributed by atoms with Gasteiger partial charge < -0.3 is 4.74 Å². The Kier molecular flexibility index (Phi) is 8.54. The van der Waals surface area contributed by atoms with E-state index in [9.17, 15) is 18.8 Å². The number of hydrogen-bond donors (Lipinski definition) is 1. The monoisotopic (exact) mass is 668 g/mol. The predicted molar refractivity (Wildman–Crippen MR) is 190 cm³/mol. The number of rotatable bonds is 7. The standard InChI is InChI=1S/C39H29FN4O4S/c1-24-11-13-25(14-12-24)35-41-32-9-5-4-8-31(32)37(46)43(35)30-21-17-26(18-22-30)36(45)42-44-38(47)34(23-28-7-3-6-10-33(28)48-2)49-39(44)27-15-19-29(40)20-16-27/h3-23,39H,1-2H3,(H,42,45)/b34-23+. The minimum Gasteiger partial charge on any atom is -0.496 e. The molecule has 0 aliphatic carbocycles. The molecule has 6 aromatic rings. The van der Waals surface area contributed by atoms with Gasteiger partial charge in [-0.05, 0) is 73.2 Å². The largest absolute Gasteiger partial charge is 0.496 e. The van der Waals surface area contributed by atoms with Gasteiger partial charge in [0.1, 0.15) is 22.8 Å². The SMILES string of the molecule is COc1ccccc1/C=C1/SC(c2ccc(F)cc2)N(NC(=O)c2ccc(-n3c(-c4ccc(C)cc4)nc4ccccc4c3=O)cc2)C1=O. The summed E-state index contributed by atoms with van der Waals surface area (Å²) in [6.07, 6.45) is 1.71. The molecule has 1 unspecified atom stereocenters. The third-order valence-corrected chi connectivity index (χ3v) is 9.43. The van der Waals surface area contributed by atoms with Crippen molar-refractivity contribution < 1.29 is 18.7 Å². The molecular formula is C39H29FN4O4S. The van der Waals surface area contributed by atoms with Crippen molar-refractivity contribution in [1.82, 2.24) is 20.0 Å². The third kappa shape index (κ3) is 6.21. The third-order valence-electron chi connectivity index (χ3n) is 8.18. The van der Waals surface area contributed by atoms with Crippen molar-refractivity contribution in [1.29, 1.82) is 0 Å². The fraction of sp³-hybridized carbons (Fsp3) is 0.0769. The highest BCUT2D eigenvalue weighted by molar-refractivity contribution is 8.04. The van der Waals surface area contributed by atoms with Crippen molar-refractivity contribution in [3.05, 3.63) is 165 Å². The van der Waals surface area contributed by atoms with Crippen LogP contribution in [0, 0.1) is 12.7 Å². The lowest BCUT2D eigenvalue weighted by atomic mass is 10.1. The van der Waals surface area contributed by atoms with E-state index in [0.717, 1.165) is 11.1 Å². The molecule has 1 aliphatic rings. The fourth-order valence-corrected chi connectivity index (χ4v) is 6.81. The number of nitrogens with zero attached hydrogens (tertiary/aromatic N) is 3. The number of carbonyl (C=O) groups is 2. The normalized spacial score (nSPS) is 15.2. The number of methoxy groups -OCH3 is 1. The maximum absolute atomic E-state index is 13.8. The number of nitrogens with one attached hydrogen (secondary N) is 1. The van der Waals surface area contributed by atoms with Crippen molar-refractivity contribution in [2.45, 2.75) is 12.3 Å². The second kappa shape index (κ2) is 13.2. The number of carbonyl (C=O) groups excluding carboxylic acids is 2. The molecule has 0 bridgehead atoms. The Hall–Kier alpha value is -6.00. The lowest BCUT2D eigenvalue weighted by Crippen LogP contribution is -2.44. The smallest absolute Gasteiger partial charge is 0.280 e. The Morgan fingerprint density at radius 2 is 1.57 bits per heavy atom. The van der Waals surface area contributed by atoms with Gasteiger partial charge >= 0.3 is 0 Å². The first-order valence-electron chi connectivity index (χ1n) is 15.4. The van der Waals surface area contributed by atoms with Gasteiger partial charge in [-0.2, -0.15) is 0 Å². The molecule has 1 aliphatic heterocycles. The number of thioether (sulfide) groups is 1. The number of aromatic nitrogens is 2. The summed E-state index contributed by atoms with van der Waals surface area (Å²) in [5, 5.41) is 1.06. The molecule has 1 atom stereocenters. The highest BCUT2D eigenvalue weighted by Gasteiger charge is 2.39. The summed E-state index contributed by atoms with van der Waals surface area (Å²) in [5.41, 5.74) is 7.07. The van der Waals surface area contributed by atoms with Crippen molar-refractivity contribution >= 4 is 40.6 Å². The molecule has 242 valence electrons. The maximum Gasteiger partial charge on any atom is 0.280 e. The van der Waals surface area contributed by atoms with Crippen LogP contribution in [0.3, 0.4) is 0 Å². The summed E-state index contributed by atoms with van der Waals surface area (Å²) in [7, 11) is 1.55. The number of aryl methyl sites for hydroxylation is 1. The molecule has 2 heterocycles. The maximum atomic E-state index is 13.8. The van der Waals surface area contributed by atoms with Crippen molar-refractivity contribution in [3.63, 3.8) is 0 Å². The molecule has 5 aromatic carbocycles. The number of ether oxygens (including phenoxy) is 1. The number of benzene rings is 5. The van der Waals surface area contributed by atoms with Crippen molar-refractivity contribution in [2.75, 3.05) is 7.11 Å². The van der Waals surface area contributed by atoms with Crippen LogP contribution < -0.4 is 15.7 Å². The van der Waals surface area contributed by atoms with E-state index in [-0.39, 0.29) is 11.1 Å². The second-order valence-electron chi connectivity index (χ2n) is 11.4. The average molecular weight is 669 g/mol. The van der Waals surface area contributed by atoms with Gasteiger partial charge in [-0.15, -0.1) is 0 Å². The molecular weight excluding hydrogens is 640 g/mol. The molecule has 1 saturated heterocycles. The molecule has 0 saturated carbocycles. The Morgan fingerprint density at radius 1 is 0.878 bits per heavy atom. The fourth-order valence-electron chi connectivity index (χ4n) is 5.63. The first-order valence-corrected chi connectivity index (χ1v) is 16.3. The molecule has 1 N–H and O–H groups in total. The van der Waals surface area contributed by atoms with Gasteiger partial charge in [0, 0.05) is 16.7 Å². The van der Waals surface area contributed by atoms with Crippen LogP contribution in [0.1, 0.15) is 32.4 Å². The predicted octanol–water partition coefficient (Wildman–Crippen LogP) is 7.47. The first kappa shape index (κ1) is 31.6. The van der Waals surface area contributed by atoms with E-state index >= 15 is 0 Å². The molecule has 0 spiro atoms. The summed E-state index contributed by atoms with van der Waals surface area (Å²) < 4.78 is 20.8. The minimum absolute atomic E-state index is 0.241. The number of fused-ring (bicyclic) bond motifs is 1. The number of halogens is 1. The zero-order chi connectivity index (χ0) is 34.1. The Morgan fingerprint density at radius 3 is 2.31 bits per heavy atom. The number of para-hydroxylation sites is 2. The summed E-state index contributed by atoms with van der Waals surface area (Å²) in [4.78, 5) is 46.5. The molecule has 1 fully saturated rings. The number of hydrazine groups is 1. The zero-order valence-electron chi connectivity index (χ0n) is 26.5. The highest BCUT2D eigenvalue weighted by atomic mass is 32.2. The van der Waals surface area contributed by atoms with E-state index in [1.165, 1.54) is 33.5 Å². The van der Waals surface area contributed by atoms with E-state index in [4.69, 9.17) is 9.72 Å². The molecule has 0 radical (unpaired) electrons. The number of amides is 2. The Bertz CT molecular complexity index is 2300. The first-order chi connectivity index (χ1) is 23.8. The molecule has 10 heteroatoms. The topological polar surface area (TPSA) is 93.5 Å². The van der Waals surface area contributed by atoms with Crippen LogP contribution in [0.4, 0.5) is 4.39 Å². The van der Waals surface area contributed by atoms with Gasteiger partial charge in [0.05, 0.1) is 28.6 Å². The highest BCUT2D eigenvalue weighted by Crippen LogP contribution is 2.45. The Labute approximate surface area is 285 Å². The average Bonchev–Trinajstić information content (AvgIpc) is 3.42. The van der Waals surface area contributed by atoms with Crippen molar-refractivity contribution in [3.8, 4) is 22.8 Å². The molecule has 2 amide bonds. The van der Waals surface area contributed by atoms with Gasteiger partial charge in [-0.25, -0.2) is 14.4 Å². The summed E-state index contributed by atoms with van der Waals surface area (Å²) in [6, 6.07) is 34.6. The van der Waals surface area contributed by atoms with Gasteiger partial charge in [0.25, 0.3) is 17.4 Å². The van der Waals surface area contributed by atoms with E-state index < -0.39 is 23.0 Å². The van der Waals surface area contributed by atoms with Gasteiger partial charge in [-0.3, -0.25) is 24.4 Å². The molecule has 1 aromatic heterocycles. The zero-order valence-corrected chi connectivity index (χ0v) is 27.3. The number of hydrogen-bond acceptors (Lipinski definition) is 6. The molecule has 49 heavy (non-hydrogen) atoms. The molecule has 7 rings (SSSR count). The summed E-state index contributed by atoms with van der Waals surface area (Å²) >= 11 is 1.24. The van der Waals surface area contributed by atoms with Gasteiger partial charge in [0.2, 0.25) is 0 Å². The van der Waals surface area contributed by atoms with Crippen LogP contribution in [0.25, 0.3) is 34.1 Å². The quantitative estimate of drug-likeness (QED) is 0.178. The van der Waals surface area contributed by atoms with Crippen molar-refractivity contribution in [2.24, 2.45) is 0 Å². The summed E-state index contributed by atoms with van der Waals surface area (Å²) in [6.45, 7) is 1.99. The van der Waals surface area contributed by atoms with E-state index in [1.807, 2.05) is 55.5 Å². The van der Waals surface area contributed by atoms with Crippen LogP contribution >= 0.6 is 11.8 Å². The van der Waals surface area contributed by atoms with Crippen LogP contribution in [0.5, 0.6) is 5.75 Å². The van der Waals surface area contributed by atoms with Crippen LogP contribution in [0.2, 0.25) is 0 Å². The lowest BCUT2D eigenvalue weighted by Gasteiger charge is -2.24. The lowest BCUT2D eigenvalue weighted by molar-refractivity contribution is -0.128. The van der Waals surface area contributed by atoms with Crippen LogP contribution in [-0.4, -0.2) is 33.5 Å². The van der Waals surface area contributed by atoms with Crippen LogP contribution in [-0.2, 0) is 4.79 Å². The Balaban J connectivity index is 1.22. The summed E-state index contributed by atoms with van der Waals surface area (Å²) in [5.74, 6) is -0.307. The van der Waals surface area contributed by atoms with E-state index in [0.29, 0.717) is 44.2 Å². The van der Waals surface area contributed by atoms with Gasteiger partial charge in [0.15, 0.2) is 0 Å². The van der Waals surface area contributed by atoms with Gasteiger partial charge in [-0.1, -0.05) is 84.1 Å². The molecule has 8 nitrogen and oxygen atoms in total. The second-order valence-corrected chi connectivity index (χ2v) is 12.5. The van der Waals surface area contributed by atoms with E-state index in [2.05, 4.69) is 5.43 Å². The van der Waals surface area contributed by atoms with E-state index in [1.54, 1.807) is 73.8 Å². The minimum atomic E-state index is -0.656. The van der Waals surface area contributed by atoms with Crippen LogP contribution in [0.15, 0.2) is 131 Å².